The molecule has 0 N–H and O–H groups in total. The van der Waals surface area contributed by atoms with Crippen LogP contribution in [-0.2, 0) is 0 Å². The lowest BCUT2D eigenvalue weighted by atomic mass is 10.0. The molecule has 7 heteroatoms. The van der Waals surface area contributed by atoms with Gasteiger partial charge in [-0.1, -0.05) is 18.2 Å². The Balaban J connectivity index is 1.77. The maximum Gasteiger partial charge on any atom is 0.257 e. The number of carbonyl (C=O) groups excluding carboxylic acids is 1. The van der Waals surface area contributed by atoms with Crippen LogP contribution in [0.25, 0.3) is 16.9 Å². The van der Waals surface area contributed by atoms with Crippen LogP contribution in [0.15, 0.2) is 54.7 Å². The Bertz CT molecular complexity index is 1080. The molecule has 1 amide bonds. The molecule has 0 saturated carbocycles. The summed E-state index contributed by atoms with van der Waals surface area (Å²) in [6.07, 6.45) is 3.93. The summed E-state index contributed by atoms with van der Waals surface area (Å²) in [6, 6.07) is 15.8. The first-order valence-corrected chi connectivity index (χ1v) is 10.8. The van der Waals surface area contributed by atoms with E-state index < -0.39 is 0 Å². The number of ether oxygens (including phenoxy) is 2. The highest BCUT2D eigenvalue weighted by atomic mass is 16.5. The molecule has 2 aromatic carbocycles. The number of rotatable bonds is 6. The quantitative estimate of drug-likeness (QED) is 0.592. The zero-order valence-corrected chi connectivity index (χ0v) is 19.1. The minimum absolute atomic E-state index is 0.00326. The van der Waals surface area contributed by atoms with E-state index >= 15 is 0 Å². The van der Waals surface area contributed by atoms with Gasteiger partial charge in [0.15, 0.2) is 11.5 Å². The van der Waals surface area contributed by atoms with Gasteiger partial charge in [-0.2, -0.15) is 5.10 Å². The lowest BCUT2D eigenvalue weighted by Crippen LogP contribution is -2.47. The highest BCUT2D eigenvalue weighted by molar-refractivity contribution is 6.00. The van der Waals surface area contributed by atoms with E-state index in [4.69, 9.17) is 14.6 Å². The Morgan fingerprint density at radius 2 is 1.81 bits per heavy atom. The van der Waals surface area contributed by atoms with Gasteiger partial charge in [-0.3, -0.25) is 4.79 Å². The summed E-state index contributed by atoms with van der Waals surface area (Å²) in [4.78, 5) is 17.8. The van der Waals surface area contributed by atoms with Crippen molar-refractivity contribution in [2.45, 2.75) is 18.9 Å². The third-order valence-corrected chi connectivity index (χ3v) is 6.04. The fourth-order valence-corrected chi connectivity index (χ4v) is 4.17. The van der Waals surface area contributed by atoms with Gasteiger partial charge >= 0.3 is 0 Å². The average molecular weight is 435 g/mol. The number of methoxy groups -OCH3 is 2. The van der Waals surface area contributed by atoms with Crippen molar-refractivity contribution in [2.75, 3.05) is 41.4 Å². The van der Waals surface area contributed by atoms with Crippen LogP contribution in [0.5, 0.6) is 11.5 Å². The zero-order chi connectivity index (χ0) is 22.7. The molecule has 1 atom stereocenters. The molecule has 4 rings (SSSR count). The molecule has 1 unspecified atom stereocenters. The van der Waals surface area contributed by atoms with Crippen molar-refractivity contribution in [1.82, 2.24) is 19.6 Å². The molecule has 3 aromatic rings. The molecule has 1 aliphatic heterocycles. The smallest absolute Gasteiger partial charge is 0.257 e. The number of piperidine rings is 1. The molecular weight excluding hydrogens is 404 g/mol. The van der Waals surface area contributed by atoms with Crippen molar-refractivity contribution in [3.63, 3.8) is 0 Å². The molecule has 32 heavy (non-hydrogen) atoms. The van der Waals surface area contributed by atoms with Gasteiger partial charge in [0.2, 0.25) is 0 Å². The van der Waals surface area contributed by atoms with Gasteiger partial charge in [0, 0.05) is 30.9 Å². The summed E-state index contributed by atoms with van der Waals surface area (Å²) < 4.78 is 12.6. The maximum atomic E-state index is 13.7. The van der Waals surface area contributed by atoms with Crippen LogP contribution >= 0.6 is 0 Å². The highest BCUT2D eigenvalue weighted by Gasteiger charge is 2.29. The number of nitrogens with zero attached hydrogens (tertiary/aromatic N) is 4. The molecule has 2 heterocycles. The number of carbonyl (C=O) groups is 1. The number of hydrogen-bond acceptors (Lipinski definition) is 5. The first-order chi connectivity index (χ1) is 15.5. The molecule has 7 nitrogen and oxygen atoms in total. The van der Waals surface area contributed by atoms with Crippen LogP contribution in [0.3, 0.4) is 0 Å². The van der Waals surface area contributed by atoms with Gasteiger partial charge in [-0.15, -0.1) is 0 Å². The largest absolute Gasteiger partial charge is 0.493 e. The molecule has 168 valence electrons. The summed E-state index contributed by atoms with van der Waals surface area (Å²) in [7, 11) is 7.35. The van der Waals surface area contributed by atoms with Crippen molar-refractivity contribution in [3.05, 3.63) is 60.3 Å². The van der Waals surface area contributed by atoms with Gasteiger partial charge in [-0.05, 0) is 57.3 Å². The Kier molecular flexibility index (Phi) is 6.46. The standard InChI is InChI=1S/C25H30N4O3/c1-27(2)20-11-8-14-28(16-20)25(30)21-17-29(19-9-6-5-7-10-19)26-24(21)18-12-13-22(31-3)23(15-18)32-4/h5-7,9-10,12-13,15,17,20H,8,11,14,16H2,1-4H3. The first kappa shape index (κ1) is 21.9. The van der Waals surface area contributed by atoms with Gasteiger partial charge in [-0.25, -0.2) is 4.68 Å². The van der Waals surface area contributed by atoms with Crippen molar-refractivity contribution < 1.29 is 14.3 Å². The van der Waals surface area contributed by atoms with Crippen LogP contribution in [0.2, 0.25) is 0 Å². The molecule has 0 aliphatic carbocycles. The SMILES string of the molecule is COc1ccc(-c2nn(-c3ccccc3)cc2C(=O)N2CCCC(N(C)C)C2)cc1OC. The van der Waals surface area contributed by atoms with Crippen LogP contribution in [0, 0.1) is 0 Å². The Morgan fingerprint density at radius 1 is 1.06 bits per heavy atom. The van der Waals surface area contributed by atoms with Gasteiger partial charge in [0.1, 0.15) is 5.69 Å². The summed E-state index contributed by atoms with van der Waals surface area (Å²) in [6.45, 7) is 1.47. The predicted octanol–water partition coefficient (Wildman–Crippen LogP) is 3.72. The number of hydrogen-bond donors (Lipinski definition) is 0. The van der Waals surface area contributed by atoms with Gasteiger partial charge in [0.25, 0.3) is 5.91 Å². The lowest BCUT2D eigenvalue weighted by Gasteiger charge is -2.36. The Hall–Kier alpha value is -3.32. The van der Waals surface area contributed by atoms with E-state index in [-0.39, 0.29) is 5.91 Å². The molecule has 0 spiro atoms. The van der Waals surface area contributed by atoms with Crippen molar-refractivity contribution >= 4 is 5.91 Å². The number of likely N-dealkylation sites (N-methyl/N-ethyl adjacent to an activating group) is 1. The van der Waals surface area contributed by atoms with E-state index in [0.29, 0.717) is 35.3 Å². The molecule has 1 fully saturated rings. The molecule has 0 radical (unpaired) electrons. The summed E-state index contributed by atoms with van der Waals surface area (Å²) >= 11 is 0. The molecule has 1 aromatic heterocycles. The number of aromatic nitrogens is 2. The predicted molar refractivity (Wildman–Crippen MR) is 125 cm³/mol. The minimum atomic E-state index is 0.00326. The van der Waals surface area contributed by atoms with Crippen molar-refractivity contribution in [1.29, 1.82) is 0 Å². The molecule has 1 aliphatic rings. The van der Waals surface area contributed by atoms with E-state index in [0.717, 1.165) is 30.6 Å². The Labute approximate surface area is 189 Å². The fraction of sp³-hybridized carbons (Fsp3) is 0.360. The minimum Gasteiger partial charge on any atom is -0.493 e. The monoisotopic (exact) mass is 434 g/mol. The van der Waals surface area contributed by atoms with E-state index in [1.54, 1.807) is 18.9 Å². The highest BCUT2D eigenvalue weighted by Crippen LogP contribution is 2.34. The van der Waals surface area contributed by atoms with Crippen molar-refractivity contribution in [3.8, 4) is 28.4 Å². The average Bonchev–Trinajstić information content (AvgIpc) is 3.29. The van der Waals surface area contributed by atoms with Crippen LogP contribution in [-0.4, -0.2) is 72.9 Å². The van der Waals surface area contributed by atoms with Gasteiger partial charge < -0.3 is 19.3 Å². The second-order valence-corrected chi connectivity index (χ2v) is 8.25. The number of amides is 1. The summed E-state index contributed by atoms with van der Waals surface area (Å²) in [5.41, 5.74) is 2.92. The van der Waals surface area contributed by atoms with Crippen LogP contribution in [0.4, 0.5) is 0 Å². The molecule has 0 bridgehead atoms. The second-order valence-electron chi connectivity index (χ2n) is 8.25. The third-order valence-electron chi connectivity index (χ3n) is 6.04. The second kappa shape index (κ2) is 9.44. The lowest BCUT2D eigenvalue weighted by molar-refractivity contribution is 0.0636. The number of likely N-dealkylation sites (tertiary alicyclic amines) is 1. The van der Waals surface area contributed by atoms with Crippen molar-refractivity contribution in [2.24, 2.45) is 0 Å². The first-order valence-electron chi connectivity index (χ1n) is 10.8. The summed E-state index contributed by atoms with van der Waals surface area (Å²) in [5, 5.41) is 4.81. The van der Waals surface area contributed by atoms with E-state index in [2.05, 4.69) is 19.0 Å². The van der Waals surface area contributed by atoms with Gasteiger partial charge in [0.05, 0.1) is 25.5 Å². The topological polar surface area (TPSA) is 59.8 Å². The molecular formula is C25H30N4O3. The zero-order valence-electron chi connectivity index (χ0n) is 19.1. The summed E-state index contributed by atoms with van der Waals surface area (Å²) in [5.74, 6) is 1.24. The number of para-hydroxylation sites is 1. The number of benzene rings is 2. The maximum absolute atomic E-state index is 13.7. The van der Waals surface area contributed by atoms with Crippen LogP contribution in [0.1, 0.15) is 23.2 Å². The third kappa shape index (κ3) is 4.34. The van der Waals surface area contributed by atoms with Crippen LogP contribution < -0.4 is 9.47 Å². The fourth-order valence-electron chi connectivity index (χ4n) is 4.17. The van der Waals surface area contributed by atoms with E-state index in [9.17, 15) is 4.79 Å². The Morgan fingerprint density at radius 3 is 2.50 bits per heavy atom. The normalized spacial score (nSPS) is 16.3. The van der Waals surface area contributed by atoms with E-state index in [1.165, 1.54) is 0 Å². The van der Waals surface area contributed by atoms with E-state index in [1.807, 2.05) is 59.6 Å². The molecule has 1 saturated heterocycles.